The number of rotatable bonds is 6. The summed E-state index contributed by atoms with van der Waals surface area (Å²) >= 11 is 0. The molecule has 1 aromatic heterocycles. The molecule has 1 aliphatic carbocycles. The van der Waals surface area contributed by atoms with Gasteiger partial charge in [-0.25, -0.2) is 0 Å². The first-order valence-corrected chi connectivity index (χ1v) is 7.11. The molecule has 18 heavy (non-hydrogen) atoms. The van der Waals surface area contributed by atoms with E-state index >= 15 is 0 Å². The van der Waals surface area contributed by atoms with Crippen LogP contribution in [0.15, 0.2) is 24.4 Å². The van der Waals surface area contributed by atoms with Crippen LogP contribution in [-0.2, 0) is 6.54 Å². The van der Waals surface area contributed by atoms with Gasteiger partial charge in [-0.3, -0.25) is 4.98 Å². The largest absolute Gasteiger partial charge is 0.314 e. The highest BCUT2D eigenvalue weighted by Crippen LogP contribution is 2.26. The monoisotopic (exact) mass is 247 g/mol. The van der Waals surface area contributed by atoms with E-state index in [9.17, 15) is 0 Å². The molecule has 0 bridgehead atoms. The second-order valence-corrected chi connectivity index (χ2v) is 5.37. The van der Waals surface area contributed by atoms with E-state index in [0.29, 0.717) is 0 Å². The number of aromatic nitrogens is 1. The first kappa shape index (κ1) is 13.5. The van der Waals surface area contributed by atoms with Crippen molar-refractivity contribution in [1.29, 1.82) is 0 Å². The van der Waals surface area contributed by atoms with Crippen molar-refractivity contribution in [2.75, 3.05) is 20.1 Å². The van der Waals surface area contributed by atoms with Crippen molar-refractivity contribution in [3.8, 4) is 0 Å². The molecule has 0 spiro atoms. The second-order valence-electron chi connectivity index (χ2n) is 5.37. The lowest BCUT2D eigenvalue weighted by molar-refractivity contribution is 0.244. The van der Waals surface area contributed by atoms with Gasteiger partial charge in [0.2, 0.25) is 0 Å². The fourth-order valence-corrected chi connectivity index (χ4v) is 3.02. The van der Waals surface area contributed by atoms with Crippen molar-refractivity contribution in [3.63, 3.8) is 0 Å². The minimum atomic E-state index is 0.723. The second kappa shape index (κ2) is 6.86. The van der Waals surface area contributed by atoms with Gasteiger partial charge in [-0.1, -0.05) is 19.4 Å². The van der Waals surface area contributed by atoms with Gasteiger partial charge in [0.15, 0.2) is 0 Å². The smallest absolute Gasteiger partial charge is 0.0543 e. The molecule has 0 aliphatic heterocycles. The molecular weight excluding hydrogens is 222 g/mol. The van der Waals surface area contributed by atoms with Gasteiger partial charge in [0, 0.05) is 25.3 Å². The van der Waals surface area contributed by atoms with Crippen molar-refractivity contribution < 1.29 is 0 Å². The maximum Gasteiger partial charge on any atom is 0.0543 e. The molecule has 3 nitrogen and oxygen atoms in total. The Morgan fingerprint density at radius 2 is 2.28 bits per heavy atom. The predicted octanol–water partition coefficient (Wildman–Crippen LogP) is 2.29. The first-order valence-electron chi connectivity index (χ1n) is 7.11. The highest BCUT2D eigenvalue weighted by Gasteiger charge is 2.27. The highest BCUT2D eigenvalue weighted by molar-refractivity contribution is 5.03. The maximum absolute atomic E-state index is 4.39. The lowest BCUT2D eigenvalue weighted by Gasteiger charge is -2.25. The third kappa shape index (κ3) is 3.79. The Morgan fingerprint density at radius 1 is 1.39 bits per heavy atom. The summed E-state index contributed by atoms with van der Waals surface area (Å²) in [5.74, 6) is 0.804. The zero-order chi connectivity index (χ0) is 12.8. The van der Waals surface area contributed by atoms with Crippen LogP contribution in [0.2, 0.25) is 0 Å². The molecule has 1 N–H and O–H groups in total. The molecule has 0 radical (unpaired) electrons. The third-order valence-corrected chi connectivity index (χ3v) is 3.83. The highest BCUT2D eigenvalue weighted by atomic mass is 15.1. The molecule has 100 valence electrons. The van der Waals surface area contributed by atoms with Crippen molar-refractivity contribution in [3.05, 3.63) is 30.1 Å². The van der Waals surface area contributed by atoms with Crippen LogP contribution in [0.5, 0.6) is 0 Å². The molecular formula is C15H25N3. The normalized spacial score (nSPS) is 23.7. The maximum atomic E-state index is 4.39. The van der Waals surface area contributed by atoms with Crippen LogP contribution in [0, 0.1) is 5.92 Å². The Balaban J connectivity index is 1.81. The molecule has 1 aliphatic rings. The van der Waals surface area contributed by atoms with Crippen LogP contribution < -0.4 is 5.32 Å². The van der Waals surface area contributed by atoms with Crippen molar-refractivity contribution >= 4 is 0 Å². The molecule has 1 saturated carbocycles. The average molecular weight is 247 g/mol. The van der Waals surface area contributed by atoms with Crippen LogP contribution >= 0.6 is 0 Å². The SMILES string of the molecule is CCNC1CCCC1CN(C)Cc1ccccn1. The Hall–Kier alpha value is -0.930. The third-order valence-electron chi connectivity index (χ3n) is 3.83. The summed E-state index contributed by atoms with van der Waals surface area (Å²) in [6.07, 6.45) is 5.96. The predicted molar refractivity (Wildman–Crippen MR) is 75.4 cm³/mol. The molecule has 0 aromatic carbocycles. The quantitative estimate of drug-likeness (QED) is 0.836. The van der Waals surface area contributed by atoms with Crippen LogP contribution in [-0.4, -0.2) is 36.1 Å². The summed E-state index contributed by atoms with van der Waals surface area (Å²) in [7, 11) is 2.20. The first-order chi connectivity index (χ1) is 8.79. The summed E-state index contributed by atoms with van der Waals surface area (Å²) < 4.78 is 0. The summed E-state index contributed by atoms with van der Waals surface area (Å²) in [6.45, 7) is 5.42. The van der Waals surface area contributed by atoms with E-state index in [4.69, 9.17) is 0 Å². The molecule has 1 heterocycles. The Morgan fingerprint density at radius 3 is 3.00 bits per heavy atom. The van der Waals surface area contributed by atoms with E-state index in [2.05, 4.69) is 41.3 Å². The molecule has 2 unspecified atom stereocenters. The van der Waals surface area contributed by atoms with Gasteiger partial charge in [0.05, 0.1) is 5.69 Å². The summed E-state index contributed by atoms with van der Waals surface area (Å²) in [5, 5.41) is 3.62. The lowest BCUT2D eigenvalue weighted by Crippen LogP contribution is -2.38. The van der Waals surface area contributed by atoms with E-state index < -0.39 is 0 Å². The summed E-state index contributed by atoms with van der Waals surface area (Å²) in [5.41, 5.74) is 1.16. The van der Waals surface area contributed by atoms with Gasteiger partial charge < -0.3 is 10.2 Å². The molecule has 2 rings (SSSR count). The summed E-state index contributed by atoms with van der Waals surface area (Å²) in [6, 6.07) is 6.86. The fraction of sp³-hybridized carbons (Fsp3) is 0.667. The van der Waals surface area contributed by atoms with Gasteiger partial charge in [0.1, 0.15) is 0 Å². The molecule has 2 atom stereocenters. The van der Waals surface area contributed by atoms with E-state index in [0.717, 1.165) is 30.7 Å². The van der Waals surface area contributed by atoms with Crippen LogP contribution in [0.1, 0.15) is 31.9 Å². The molecule has 1 fully saturated rings. The van der Waals surface area contributed by atoms with Gasteiger partial charge in [0.25, 0.3) is 0 Å². The minimum Gasteiger partial charge on any atom is -0.314 e. The van der Waals surface area contributed by atoms with E-state index in [-0.39, 0.29) is 0 Å². The molecule has 0 amide bonds. The summed E-state index contributed by atoms with van der Waals surface area (Å²) in [4.78, 5) is 6.80. The standard InChI is InChI=1S/C15H25N3/c1-3-16-15-9-6-7-13(15)11-18(2)12-14-8-4-5-10-17-14/h4-5,8,10,13,15-16H,3,6-7,9,11-12H2,1-2H3. The van der Waals surface area contributed by atoms with Gasteiger partial charge in [-0.15, -0.1) is 0 Å². The fourth-order valence-electron chi connectivity index (χ4n) is 3.02. The Labute approximate surface area is 111 Å². The zero-order valence-electron chi connectivity index (χ0n) is 11.6. The number of pyridine rings is 1. The van der Waals surface area contributed by atoms with Gasteiger partial charge in [-0.2, -0.15) is 0 Å². The number of hydrogen-bond acceptors (Lipinski definition) is 3. The van der Waals surface area contributed by atoms with Crippen molar-refractivity contribution in [2.45, 2.75) is 38.8 Å². The van der Waals surface area contributed by atoms with Crippen LogP contribution in [0.25, 0.3) is 0 Å². The molecule has 3 heteroatoms. The van der Waals surface area contributed by atoms with E-state index in [1.807, 2.05) is 12.3 Å². The Kier molecular flexibility index (Phi) is 5.14. The van der Waals surface area contributed by atoms with Crippen LogP contribution in [0.4, 0.5) is 0 Å². The molecule has 1 aromatic rings. The number of nitrogens with one attached hydrogen (secondary N) is 1. The molecule has 0 saturated heterocycles. The minimum absolute atomic E-state index is 0.723. The Bertz CT molecular complexity index is 339. The zero-order valence-corrected chi connectivity index (χ0v) is 11.6. The van der Waals surface area contributed by atoms with E-state index in [1.54, 1.807) is 0 Å². The van der Waals surface area contributed by atoms with E-state index in [1.165, 1.54) is 25.8 Å². The lowest BCUT2D eigenvalue weighted by atomic mass is 10.0. The topological polar surface area (TPSA) is 28.2 Å². The number of nitrogens with zero attached hydrogens (tertiary/aromatic N) is 2. The van der Waals surface area contributed by atoms with Gasteiger partial charge >= 0.3 is 0 Å². The van der Waals surface area contributed by atoms with Crippen molar-refractivity contribution in [2.24, 2.45) is 5.92 Å². The average Bonchev–Trinajstić information content (AvgIpc) is 2.78. The van der Waals surface area contributed by atoms with Crippen molar-refractivity contribution in [1.82, 2.24) is 15.2 Å². The number of hydrogen-bond donors (Lipinski definition) is 1. The van der Waals surface area contributed by atoms with Gasteiger partial charge in [-0.05, 0) is 44.5 Å². The van der Waals surface area contributed by atoms with Crippen LogP contribution in [0.3, 0.4) is 0 Å².